The van der Waals surface area contributed by atoms with E-state index in [0.29, 0.717) is 0 Å². The molecule has 2 aromatic carbocycles. The second-order valence-electron chi connectivity index (χ2n) is 5.84. The van der Waals surface area contributed by atoms with Gasteiger partial charge in [0.1, 0.15) is 0 Å². The van der Waals surface area contributed by atoms with Gasteiger partial charge in [-0.25, -0.2) is 16.8 Å². The molecule has 0 N–H and O–H groups in total. The Morgan fingerprint density at radius 1 is 1.04 bits per heavy atom. The van der Waals surface area contributed by atoms with Gasteiger partial charge < -0.3 is 0 Å². The molecule has 2 aromatic rings. The average molecular weight is 432 g/mol. The molecule has 0 amide bonds. The molecule has 5 nitrogen and oxygen atoms in total. The SMILES string of the molecule is O=S1(=O)C=C[C@H](N(Cc2ccccc2)S(=O)(=O)c2ccc(Cl)c(Cl)c2)C1. The average Bonchev–Trinajstić information content (AvgIpc) is 2.95. The third-order valence-corrected chi connectivity index (χ3v) is 7.94. The summed E-state index contributed by atoms with van der Waals surface area (Å²) in [6.45, 7) is 0.0357. The molecule has 1 aliphatic rings. The van der Waals surface area contributed by atoms with Gasteiger partial charge in [0.25, 0.3) is 0 Å². The minimum atomic E-state index is -4.00. The largest absolute Gasteiger partial charge is 0.244 e. The van der Waals surface area contributed by atoms with Crippen LogP contribution in [0.25, 0.3) is 0 Å². The molecule has 1 atom stereocenters. The summed E-state index contributed by atoms with van der Waals surface area (Å²) in [5.74, 6) is -0.291. The predicted octanol–water partition coefficient (Wildman–Crippen LogP) is 3.50. The normalized spacial score (nSPS) is 19.1. The van der Waals surface area contributed by atoms with Crippen molar-refractivity contribution in [3.05, 3.63) is 75.6 Å². The van der Waals surface area contributed by atoms with Gasteiger partial charge in [-0.1, -0.05) is 59.6 Å². The van der Waals surface area contributed by atoms with Crippen LogP contribution in [0.5, 0.6) is 0 Å². The fraction of sp³-hybridized carbons (Fsp3) is 0.176. The van der Waals surface area contributed by atoms with Gasteiger partial charge in [-0.3, -0.25) is 0 Å². The second kappa shape index (κ2) is 7.32. The Morgan fingerprint density at radius 3 is 2.31 bits per heavy atom. The Kier molecular flexibility index (Phi) is 5.46. The fourth-order valence-electron chi connectivity index (χ4n) is 2.66. The molecule has 1 aliphatic heterocycles. The summed E-state index contributed by atoms with van der Waals surface area (Å²) in [7, 11) is -7.42. The number of sulfone groups is 1. The van der Waals surface area contributed by atoms with E-state index < -0.39 is 25.9 Å². The van der Waals surface area contributed by atoms with Crippen LogP contribution in [0.15, 0.2) is 64.9 Å². The van der Waals surface area contributed by atoms with Crippen LogP contribution in [0.4, 0.5) is 0 Å². The molecule has 0 saturated carbocycles. The van der Waals surface area contributed by atoms with Crippen LogP contribution >= 0.6 is 23.2 Å². The Balaban J connectivity index is 2.04. The standard InChI is InChI=1S/C17H15Cl2NO4S2/c18-16-7-6-15(10-17(16)19)26(23,24)20(11-13-4-2-1-3-5-13)14-8-9-25(21,22)12-14/h1-10,14H,11-12H2/t14-/m0/s1. The first kappa shape index (κ1) is 19.4. The number of hydrogen-bond acceptors (Lipinski definition) is 4. The zero-order valence-electron chi connectivity index (χ0n) is 13.4. The first-order valence-electron chi connectivity index (χ1n) is 7.61. The van der Waals surface area contributed by atoms with Crippen LogP contribution in [0.1, 0.15) is 5.56 Å². The van der Waals surface area contributed by atoms with Gasteiger partial charge in [0.15, 0.2) is 9.84 Å². The van der Waals surface area contributed by atoms with Crippen molar-refractivity contribution in [2.75, 3.05) is 5.75 Å². The number of benzene rings is 2. The van der Waals surface area contributed by atoms with E-state index in [0.717, 1.165) is 11.0 Å². The van der Waals surface area contributed by atoms with E-state index in [9.17, 15) is 16.8 Å². The van der Waals surface area contributed by atoms with Crippen molar-refractivity contribution in [3.63, 3.8) is 0 Å². The summed E-state index contributed by atoms with van der Waals surface area (Å²) in [6, 6.07) is 12.2. The van der Waals surface area contributed by atoms with E-state index in [-0.39, 0.29) is 27.2 Å². The molecular weight excluding hydrogens is 417 g/mol. The minimum absolute atomic E-state index is 0.0357. The monoisotopic (exact) mass is 431 g/mol. The lowest BCUT2D eigenvalue weighted by atomic mass is 10.2. The van der Waals surface area contributed by atoms with Crippen molar-refractivity contribution in [1.82, 2.24) is 4.31 Å². The summed E-state index contributed by atoms with van der Waals surface area (Å²) >= 11 is 11.8. The van der Waals surface area contributed by atoms with Gasteiger partial charge in [-0.2, -0.15) is 4.31 Å². The molecule has 0 fully saturated rings. The van der Waals surface area contributed by atoms with Crippen LogP contribution in [0.3, 0.4) is 0 Å². The van der Waals surface area contributed by atoms with E-state index in [1.807, 2.05) is 6.07 Å². The Hall–Kier alpha value is -1.38. The number of nitrogens with zero attached hydrogens (tertiary/aromatic N) is 1. The summed E-state index contributed by atoms with van der Waals surface area (Å²) < 4.78 is 51.2. The van der Waals surface area contributed by atoms with Crippen molar-refractivity contribution in [3.8, 4) is 0 Å². The van der Waals surface area contributed by atoms with Gasteiger partial charge >= 0.3 is 0 Å². The van der Waals surface area contributed by atoms with Crippen molar-refractivity contribution in [1.29, 1.82) is 0 Å². The number of halogens is 2. The molecule has 0 unspecified atom stereocenters. The number of hydrogen-bond donors (Lipinski definition) is 0. The lowest BCUT2D eigenvalue weighted by molar-refractivity contribution is 0.375. The molecule has 0 saturated heterocycles. The Labute approximate surface area is 162 Å². The lowest BCUT2D eigenvalue weighted by Gasteiger charge is -2.27. The molecule has 0 spiro atoms. The zero-order chi connectivity index (χ0) is 18.9. The molecule has 26 heavy (non-hydrogen) atoms. The van der Waals surface area contributed by atoms with Crippen molar-refractivity contribution in [2.45, 2.75) is 17.5 Å². The van der Waals surface area contributed by atoms with E-state index >= 15 is 0 Å². The molecule has 0 aliphatic carbocycles. The highest BCUT2D eigenvalue weighted by atomic mass is 35.5. The molecule has 0 radical (unpaired) electrons. The molecule has 9 heteroatoms. The van der Waals surface area contributed by atoms with Crippen LogP contribution in [0, 0.1) is 0 Å². The van der Waals surface area contributed by atoms with Gasteiger partial charge in [0, 0.05) is 12.0 Å². The highest BCUT2D eigenvalue weighted by Crippen LogP contribution is 2.29. The van der Waals surface area contributed by atoms with E-state index in [4.69, 9.17) is 23.2 Å². The summed E-state index contributed by atoms with van der Waals surface area (Å²) in [4.78, 5) is -0.0412. The minimum Gasteiger partial charge on any atom is -0.224 e. The topological polar surface area (TPSA) is 71.5 Å². The first-order valence-corrected chi connectivity index (χ1v) is 11.5. The van der Waals surface area contributed by atoms with Crippen molar-refractivity contribution in [2.24, 2.45) is 0 Å². The van der Waals surface area contributed by atoms with Crippen LogP contribution < -0.4 is 0 Å². The lowest BCUT2D eigenvalue weighted by Crippen LogP contribution is -2.40. The first-order chi connectivity index (χ1) is 12.2. The number of sulfonamides is 1. The van der Waals surface area contributed by atoms with E-state index in [1.54, 1.807) is 24.3 Å². The quantitative estimate of drug-likeness (QED) is 0.725. The van der Waals surface area contributed by atoms with Gasteiger partial charge in [0.2, 0.25) is 10.0 Å². The highest BCUT2D eigenvalue weighted by molar-refractivity contribution is 7.94. The number of rotatable bonds is 5. The molecule has 1 heterocycles. The molecule has 138 valence electrons. The zero-order valence-corrected chi connectivity index (χ0v) is 16.6. The van der Waals surface area contributed by atoms with Gasteiger partial charge in [-0.05, 0) is 23.8 Å². The molecular formula is C17H15Cl2NO4S2. The van der Waals surface area contributed by atoms with E-state index in [2.05, 4.69) is 0 Å². The van der Waals surface area contributed by atoms with Crippen molar-refractivity contribution < 1.29 is 16.8 Å². The van der Waals surface area contributed by atoms with Gasteiger partial charge in [0.05, 0.1) is 26.7 Å². The maximum Gasteiger partial charge on any atom is 0.244 e. The molecule has 0 bridgehead atoms. The summed E-state index contributed by atoms with van der Waals surface area (Å²) in [6.07, 6.45) is 1.40. The third-order valence-electron chi connectivity index (χ3n) is 3.96. The fourth-order valence-corrected chi connectivity index (χ4v) is 6.01. The smallest absolute Gasteiger partial charge is 0.224 e. The summed E-state index contributed by atoms with van der Waals surface area (Å²) in [5.41, 5.74) is 0.744. The maximum absolute atomic E-state index is 13.2. The summed E-state index contributed by atoms with van der Waals surface area (Å²) in [5, 5.41) is 1.41. The molecule has 3 rings (SSSR count). The highest BCUT2D eigenvalue weighted by Gasteiger charge is 2.35. The van der Waals surface area contributed by atoms with Crippen LogP contribution in [-0.2, 0) is 26.4 Å². The van der Waals surface area contributed by atoms with E-state index in [1.165, 1.54) is 28.6 Å². The second-order valence-corrected chi connectivity index (χ2v) is 10.5. The Morgan fingerprint density at radius 2 is 1.73 bits per heavy atom. The van der Waals surface area contributed by atoms with Crippen LogP contribution in [-0.4, -0.2) is 32.9 Å². The van der Waals surface area contributed by atoms with Gasteiger partial charge in [-0.15, -0.1) is 0 Å². The molecule has 0 aromatic heterocycles. The van der Waals surface area contributed by atoms with Crippen LogP contribution in [0.2, 0.25) is 10.0 Å². The Bertz CT molecular complexity index is 1050. The maximum atomic E-state index is 13.2. The van der Waals surface area contributed by atoms with Crippen molar-refractivity contribution >= 4 is 43.1 Å². The predicted molar refractivity (Wildman–Crippen MR) is 102 cm³/mol. The third kappa shape index (κ3) is 4.13.